The van der Waals surface area contributed by atoms with Crippen LogP contribution in [0.1, 0.15) is 10.5 Å². The van der Waals surface area contributed by atoms with Gasteiger partial charge in [0.05, 0.1) is 11.7 Å². The molecule has 0 fully saturated rings. The number of imidazole rings is 1. The van der Waals surface area contributed by atoms with E-state index in [-0.39, 0.29) is 11.7 Å². The van der Waals surface area contributed by atoms with E-state index >= 15 is 0 Å². The third-order valence-corrected chi connectivity index (χ3v) is 4.59. The van der Waals surface area contributed by atoms with Crippen LogP contribution in [0.25, 0.3) is 16.6 Å². The van der Waals surface area contributed by atoms with Crippen molar-refractivity contribution in [2.24, 2.45) is 0 Å². The molecule has 4 rings (SSSR count). The fraction of sp³-hybridized carbons (Fsp3) is 0.0556. The number of para-hydroxylation sites is 1. The summed E-state index contributed by atoms with van der Waals surface area (Å²) in [6, 6.07) is 14.4. The van der Waals surface area contributed by atoms with Gasteiger partial charge in [-0.15, -0.1) is 0 Å². The second-order valence-corrected chi connectivity index (χ2v) is 6.33. The van der Waals surface area contributed by atoms with Gasteiger partial charge in [0, 0.05) is 17.1 Å². The Bertz CT molecular complexity index is 1090. The number of aromatic hydroxyl groups is 1. The van der Waals surface area contributed by atoms with E-state index in [2.05, 4.69) is 20.5 Å². The summed E-state index contributed by atoms with van der Waals surface area (Å²) in [6.45, 7) is 0. The predicted molar refractivity (Wildman–Crippen MR) is 101 cm³/mol. The van der Waals surface area contributed by atoms with Gasteiger partial charge in [-0.3, -0.25) is 14.5 Å². The molecule has 4 aromatic rings. The molecule has 130 valence electrons. The van der Waals surface area contributed by atoms with E-state index in [1.807, 2.05) is 36.6 Å². The highest BCUT2D eigenvalue weighted by Gasteiger charge is 2.19. The number of hydrogen-bond acceptors (Lipinski definition) is 5. The first kappa shape index (κ1) is 16.2. The molecule has 0 aliphatic carbocycles. The highest BCUT2D eigenvalue weighted by atomic mass is 32.2. The van der Waals surface area contributed by atoms with Crippen molar-refractivity contribution in [1.82, 2.24) is 19.7 Å². The smallest absolute Gasteiger partial charge is 0.275 e. The number of aromatic nitrogens is 4. The number of anilines is 1. The number of fused-ring (bicyclic) bond motifs is 1. The summed E-state index contributed by atoms with van der Waals surface area (Å²) in [5.41, 5.74) is 1.91. The summed E-state index contributed by atoms with van der Waals surface area (Å²) in [6.07, 6.45) is 3.46. The molecule has 2 aromatic heterocycles. The molecule has 7 nitrogen and oxygen atoms in total. The number of carbonyl (C=O) groups is 1. The topological polar surface area (TPSA) is 95.8 Å². The zero-order valence-electron chi connectivity index (χ0n) is 13.8. The second-order valence-electron chi connectivity index (χ2n) is 5.56. The number of amides is 1. The van der Waals surface area contributed by atoms with Gasteiger partial charge >= 0.3 is 0 Å². The Morgan fingerprint density at radius 2 is 2.04 bits per heavy atom. The summed E-state index contributed by atoms with van der Waals surface area (Å²) in [4.78, 5) is 17.2. The van der Waals surface area contributed by atoms with Crippen LogP contribution in [0.3, 0.4) is 0 Å². The lowest BCUT2D eigenvalue weighted by Crippen LogP contribution is -2.17. The van der Waals surface area contributed by atoms with Crippen molar-refractivity contribution in [3.8, 4) is 11.4 Å². The Hall–Kier alpha value is -3.26. The molecule has 0 bridgehead atoms. The van der Waals surface area contributed by atoms with Crippen LogP contribution in [0, 0.1) is 0 Å². The molecule has 2 aromatic carbocycles. The van der Waals surface area contributed by atoms with E-state index in [1.165, 1.54) is 11.8 Å². The maximum atomic E-state index is 12.9. The van der Waals surface area contributed by atoms with Crippen LogP contribution in [0.4, 0.5) is 5.82 Å². The highest BCUT2D eigenvalue weighted by molar-refractivity contribution is 7.98. The lowest BCUT2D eigenvalue weighted by Gasteiger charge is -2.10. The molecule has 0 unspecified atom stereocenters. The number of phenolic OH excluding ortho intramolecular Hbond substituents is 1. The molecule has 0 aliphatic heterocycles. The van der Waals surface area contributed by atoms with Crippen LogP contribution >= 0.6 is 11.8 Å². The summed E-state index contributed by atoms with van der Waals surface area (Å²) >= 11 is 1.46. The van der Waals surface area contributed by atoms with Gasteiger partial charge in [-0.25, -0.2) is 4.98 Å². The first-order valence-electron chi connectivity index (χ1n) is 7.83. The van der Waals surface area contributed by atoms with Crippen molar-refractivity contribution in [3.05, 3.63) is 60.4 Å². The monoisotopic (exact) mass is 365 g/mol. The van der Waals surface area contributed by atoms with Crippen LogP contribution < -0.4 is 5.32 Å². The van der Waals surface area contributed by atoms with Crippen molar-refractivity contribution in [2.75, 3.05) is 11.6 Å². The Morgan fingerprint density at radius 3 is 2.81 bits per heavy atom. The van der Waals surface area contributed by atoms with Crippen molar-refractivity contribution in [3.63, 3.8) is 0 Å². The summed E-state index contributed by atoms with van der Waals surface area (Å²) in [5, 5.41) is 20.7. The fourth-order valence-electron chi connectivity index (χ4n) is 2.74. The Kier molecular flexibility index (Phi) is 4.10. The van der Waals surface area contributed by atoms with Gasteiger partial charge in [0.2, 0.25) is 0 Å². The van der Waals surface area contributed by atoms with E-state index in [0.717, 1.165) is 10.8 Å². The Morgan fingerprint density at radius 1 is 1.23 bits per heavy atom. The van der Waals surface area contributed by atoms with Crippen molar-refractivity contribution >= 4 is 34.4 Å². The molecule has 1 amide bonds. The molecule has 0 radical (unpaired) electrons. The minimum atomic E-state index is -0.317. The molecule has 26 heavy (non-hydrogen) atoms. The number of phenols is 1. The SMILES string of the molecule is CSc1ncc(C(=O)Nc2n[nH]c3cc(O)ccc23)n1-c1ccccc1. The van der Waals surface area contributed by atoms with Gasteiger partial charge < -0.3 is 10.4 Å². The molecule has 0 aliphatic rings. The van der Waals surface area contributed by atoms with Crippen molar-refractivity contribution < 1.29 is 9.90 Å². The third-order valence-electron chi connectivity index (χ3n) is 3.94. The molecule has 0 atom stereocenters. The first-order valence-corrected chi connectivity index (χ1v) is 9.05. The molecular weight excluding hydrogens is 350 g/mol. The van der Waals surface area contributed by atoms with E-state index in [1.54, 1.807) is 29.0 Å². The average molecular weight is 365 g/mol. The predicted octanol–water partition coefficient (Wildman–Crippen LogP) is 3.43. The summed E-state index contributed by atoms with van der Waals surface area (Å²) in [7, 11) is 0. The third kappa shape index (κ3) is 2.80. The number of nitrogens with one attached hydrogen (secondary N) is 2. The minimum Gasteiger partial charge on any atom is -0.508 e. The lowest BCUT2D eigenvalue weighted by molar-refractivity contribution is 0.101. The second kappa shape index (κ2) is 6.57. The van der Waals surface area contributed by atoms with Crippen LogP contribution in [0.15, 0.2) is 59.9 Å². The number of benzene rings is 2. The van der Waals surface area contributed by atoms with E-state index in [9.17, 15) is 9.90 Å². The molecule has 0 saturated heterocycles. The molecule has 8 heteroatoms. The lowest BCUT2D eigenvalue weighted by atomic mass is 10.2. The summed E-state index contributed by atoms with van der Waals surface area (Å²) in [5.74, 6) is 0.213. The first-order chi connectivity index (χ1) is 12.7. The number of nitrogens with zero attached hydrogens (tertiary/aromatic N) is 3. The van der Waals surface area contributed by atoms with Crippen molar-refractivity contribution in [1.29, 1.82) is 0 Å². The molecule has 0 spiro atoms. The fourth-order valence-corrected chi connectivity index (χ4v) is 3.28. The Labute approximate surface area is 153 Å². The molecule has 0 saturated carbocycles. The maximum absolute atomic E-state index is 12.9. The Balaban J connectivity index is 1.72. The molecule has 2 heterocycles. The number of hydrogen-bond donors (Lipinski definition) is 3. The summed E-state index contributed by atoms with van der Waals surface area (Å²) < 4.78 is 1.81. The van der Waals surface area contributed by atoms with E-state index in [0.29, 0.717) is 22.4 Å². The van der Waals surface area contributed by atoms with Gasteiger partial charge in [-0.05, 0) is 30.5 Å². The van der Waals surface area contributed by atoms with E-state index in [4.69, 9.17) is 0 Å². The minimum absolute atomic E-state index is 0.130. The number of carbonyl (C=O) groups excluding carboxylic acids is 1. The number of rotatable bonds is 4. The van der Waals surface area contributed by atoms with Crippen LogP contribution in [0.2, 0.25) is 0 Å². The standard InChI is InChI=1S/C18H15N5O2S/c1-26-18-19-10-15(23(18)11-5-3-2-4-6-11)17(25)20-16-13-8-7-12(24)9-14(13)21-22-16/h2-10,24H,1H3,(H2,20,21,22,25). The average Bonchev–Trinajstić information content (AvgIpc) is 3.26. The normalized spacial score (nSPS) is 11.0. The van der Waals surface area contributed by atoms with Crippen molar-refractivity contribution in [2.45, 2.75) is 5.16 Å². The number of aromatic amines is 1. The van der Waals surface area contributed by atoms with Gasteiger partial charge in [0.15, 0.2) is 11.0 Å². The zero-order chi connectivity index (χ0) is 18.1. The number of thioether (sulfide) groups is 1. The number of H-pyrrole nitrogens is 1. The van der Waals surface area contributed by atoms with Gasteiger partial charge in [-0.1, -0.05) is 30.0 Å². The van der Waals surface area contributed by atoms with Gasteiger partial charge in [0.1, 0.15) is 11.4 Å². The van der Waals surface area contributed by atoms with Crippen LogP contribution in [-0.2, 0) is 0 Å². The van der Waals surface area contributed by atoms with Gasteiger partial charge in [-0.2, -0.15) is 5.10 Å². The van der Waals surface area contributed by atoms with Gasteiger partial charge in [0.25, 0.3) is 5.91 Å². The highest BCUT2D eigenvalue weighted by Crippen LogP contribution is 2.26. The largest absolute Gasteiger partial charge is 0.508 e. The quantitative estimate of drug-likeness (QED) is 0.482. The van der Waals surface area contributed by atoms with Crippen LogP contribution in [-0.4, -0.2) is 37.0 Å². The zero-order valence-corrected chi connectivity index (χ0v) is 14.6. The van der Waals surface area contributed by atoms with Crippen LogP contribution in [0.5, 0.6) is 5.75 Å². The molecular formula is C18H15N5O2S. The van der Waals surface area contributed by atoms with E-state index < -0.39 is 0 Å². The maximum Gasteiger partial charge on any atom is 0.275 e. The molecule has 3 N–H and O–H groups in total.